The van der Waals surface area contributed by atoms with Crippen LogP contribution in [-0.4, -0.2) is 69.7 Å². The highest BCUT2D eigenvalue weighted by Crippen LogP contribution is 2.44. The molecular weight excluding hydrogens is 510 g/mol. The van der Waals surface area contributed by atoms with E-state index in [4.69, 9.17) is 9.26 Å². The van der Waals surface area contributed by atoms with Crippen LogP contribution in [0.4, 0.5) is 8.78 Å². The van der Waals surface area contributed by atoms with Crippen LogP contribution < -0.4 is 10.6 Å². The van der Waals surface area contributed by atoms with E-state index in [0.717, 1.165) is 37.8 Å². The highest BCUT2D eigenvalue weighted by atomic mass is 19.1. The fraction of sp³-hybridized carbons (Fsp3) is 0.444. The molecule has 3 aliphatic rings. The molecule has 2 aromatic heterocycles. The van der Waals surface area contributed by atoms with Crippen molar-refractivity contribution in [2.75, 3.05) is 26.3 Å². The average molecular weight is 539 g/mol. The first-order valence-electron chi connectivity index (χ1n) is 13.0. The van der Waals surface area contributed by atoms with Gasteiger partial charge in [-0.3, -0.25) is 14.5 Å². The largest absolute Gasteiger partial charge is 0.381 e. The third-order valence-corrected chi connectivity index (χ3v) is 7.66. The second-order valence-electron chi connectivity index (χ2n) is 10.6. The molecule has 39 heavy (non-hydrogen) atoms. The lowest BCUT2D eigenvalue weighted by atomic mass is 9.83. The Bertz CT molecular complexity index is 1370. The fourth-order valence-corrected chi connectivity index (χ4v) is 5.47. The molecule has 2 N–H and O–H groups in total. The number of benzene rings is 1. The number of likely N-dealkylation sites (tertiary alicyclic amines) is 1. The molecule has 0 bridgehead atoms. The van der Waals surface area contributed by atoms with Crippen molar-refractivity contribution in [3.05, 3.63) is 65.9 Å². The van der Waals surface area contributed by atoms with Gasteiger partial charge in [-0.2, -0.15) is 0 Å². The summed E-state index contributed by atoms with van der Waals surface area (Å²) in [7, 11) is 0. The highest BCUT2D eigenvalue weighted by Gasteiger charge is 2.52. The SMILES string of the molecule is O=C(CC1(NC(=O)c2cc(-c3ccc(F)cc3F)on2)CN(C2CCOCC2)C1)NC1(c2ncccn2)CC1. The van der Waals surface area contributed by atoms with Crippen LogP contribution in [0, 0.1) is 11.6 Å². The van der Waals surface area contributed by atoms with Crippen molar-refractivity contribution in [1.82, 2.24) is 30.7 Å². The fourth-order valence-electron chi connectivity index (χ4n) is 5.47. The summed E-state index contributed by atoms with van der Waals surface area (Å²) >= 11 is 0. The van der Waals surface area contributed by atoms with Crippen molar-refractivity contribution in [3.63, 3.8) is 0 Å². The molecule has 1 aromatic carbocycles. The smallest absolute Gasteiger partial charge is 0.274 e. The highest BCUT2D eigenvalue weighted by molar-refractivity contribution is 5.94. The Hall–Kier alpha value is -3.77. The summed E-state index contributed by atoms with van der Waals surface area (Å²) in [6, 6.07) is 6.41. The number of ether oxygens (including phenoxy) is 1. The summed E-state index contributed by atoms with van der Waals surface area (Å²) in [6.07, 6.45) is 6.64. The number of amides is 2. The summed E-state index contributed by atoms with van der Waals surface area (Å²) in [5.74, 6) is -1.72. The Kier molecular flexibility index (Phi) is 6.59. The number of carbonyl (C=O) groups is 2. The van der Waals surface area contributed by atoms with Crippen molar-refractivity contribution >= 4 is 11.8 Å². The van der Waals surface area contributed by atoms with Gasteiger partial charge in [-0.1, -0.05) is 5.16 Å². The predicted molar refractivity (Wildman–Crippen MR) is 133 cm³/mol. The first kappa shape index (κ1) is 25.5. The van der Waals surface area contributed by atoms with Crippen molar-refractivity contribution in [3.8, 4) is 11.3 Å². The normalized spacial score (nSPS) is 20.2. The van der Waals surface area contributed by atoms with Crippen LogP contribution in [-0.2, 0) is 15.1 Å². The van der Waals surface area contributed by atoms with Gasteiger partial charge >= 0.3 is 0 Å². The van der Waals surface area contributed by atoms with E-state index < -0.39 is 28.6 Å². The molecule has 12 heteroatoms. The first-order chi connectivity index (χ1) is 18.8. The van der Waals surface area contributed by atoms with Crippen LogP contribution in [0.3, 0.4) is 0 Å². The lowest BCUT2D eigenvalue weighted by Gasteiger charge is -2.54. The number of carbonyl (C=O) groups excluding carboxylic acids is 2. The van der Waals surface area contributed by atoms with E-state index in [2.05, 4.69) is 30.7 Å². The topological polar surface area (TPSA) is 122 Å². The van der Waals surface area contributed by atoms with E-state index in [1.54, 1.807) is 18.5 Å². The number of hydrogen-bond acceptors (Lipinski definition) is 8. The van der Waals surface area contributed by atoms with Gasteiger partial charge in [0.15, 0.2) is 17.3 Å². The summed E-state index contributed by atoms with van der Waals surface area (Å²) < 4.78 is 38.2. The number of rotatable bonds is 8. The van der Waals surface area contributed by atoms with Crippen LogP contribution >= 0.6 is 0 Å². The zero-order valence-electron chi connectivity index (χ0n) is 21.2. The summed E-state index contributed by atoms with van der Waals surface area (Å²) in [4.78, 5) is 37.4. The van der Waals surface area contributed by atoms with Crippen LogP contribution in [0.5, 0.6) is 0 Å². The zero-order chi connectivity index (χ0) is 27.0. The summed E-state index contributed by atoms with van der Waals surface area (Å²) in [5.41, 5.74) is -1.47. The van der Waals surface area contributed by atoms with Gasteiger partial charge in [0, 0.05) is 56.9 Å². The molecule has 0 spiro atoms. The van der Waals surface area contributed by atoms with Gasteiger partial charge in [-0.15, -0.1) is 0 Å². The molecule has 1 aliphatic carbocycles. The van der Waals surface area contributed by atoms with Gasteiger partial charge in [-0.25, -0.2) is 18.7 Å². The molecule has 3 fully saturated rings. The maximum atomic E-state index is 14.2. The molecule has 2 saturated heterocycles. The molecule has 0 radical (unpaired) electrons. The van der Waals surface area contributed by atoms with Crippen molar-refractivity contribution in [1.29, 1.82) is 0 Å². The van der Waals surface area contributed by atoms with Crippen molar-refractivity contribution < 1.29 is 27.6 Å². The molecule has 3 aromatic rings. The van der Waals surface area contributed by atoms with E-state index >= 15 is 0 Å². The van der Waals surface area contributed by atoms with Gasteiger partial charge in [0.05, 0.1) is 23.1 Å². The molecule has 204 valence electrons. The Balaban J connectivity index is 1.17. The van der Waals surface area contributed by atoms with Crippen LogP contribution in [0.2, 0.25) is 0 Å². The molecular formula is C27H28F2N6O4. The van der Waals surface area contributed by atoms with Gasteiger partial charge in [0.1, 0.15) is 11.6 Å². The molecule has 0 atom stereocenters. The van der Waals surface area contributed by atoms with E-state index in [-0.39, 0.29) is 29.3 Å². The number of hydrogen-bond donors (Lipinski definition) is 2. The van der Waals surface area contributed by atoms with Crippen LogP contribution in [0.15, 0.2) is 47.2 Å². The second kappa shape index (κ2) is 10.1. The van der Waals surface area contributed by atoms with E-state index in [1.165, 1.54) is 12.1 Å². The third kappa shape index (κ3) is 5.26. The Morgan fingerprint density at radius 1 is 1.05 bits per heavy atom. The molecule has 2 aliphatic heterocycles. The summed E-state index contributed by atoms with van der Waals surface area (Å²) in [6.45, 7) is 2.34. The minimum absolute atomic E-state index is 0.000390. The predicted octanol–water partition coefficient (Wildman–Crippen LogP) is 2.57. The third-order valence-electron chi connectivity index (χ3n) is 7.66. The Morgan fingerprint density at radius 3 is 2.49 bits per heavy atom. The van der Waals surface area contributed by atoms with Crippen molar-refractivity contribution in [2.24, 2.45) is 0 Å². The number of nitrogens with zero attached hydrogens (tertiary/aromatic N) is 4. The summed E-state index contributed by atoms with van der Waals surface area (Å²) in [5, 5.41) is 9.89. The maximum absolute atomic E-state index is 14.2. The maximum Gasteiger partial charge on any atom is 0.274 e. The Labute approximate surface area is 223 Å². The lowest BCUT2D eigenvalue weighted by molar-refractivity contribution is -0.126. The quantitative estimate of drug-likeness (QED) is 0.449. The van der Waals surface area contributed by atoms with Gasteiger partial charge in [0.2, 0.25) is 5.91 Å². The van der Waals surface area contributed by atoms with E-state index in [1.807, 2.05) is 0 Å². The second-order valence-corrected chi connectivity index (χ2v) is 10.6. The van der Waals surface area contributed by atoms with Crippen LogP contribution in [0.25, 0.3) is 11.3 Å². The monoisotopic (exact) mass is 538 g/mol. The van der Waals surface area contributed by atoms with E-state index in [0.29, 0.717) is 38.2 Å². The van der Waals surface area contributed by atoms with Gasteiger partial charge < -0.3 is 19.9 Å². The standard InChI is InChI=1S/C27H28F2N6O4/c28-17-2-3-19(20(29)12-17)22-13-21(34-39-22)24(37)33-26(15-35(16-26)18-4-10-38-11-5-18)14-23(36)32-27(6-7-27)25-30-8-1-9-31-25/h1-3,8-9,12-13,18H,4-7,10-11,14-16H2,(H,32,36)(H,33,37). The Morgan fingerprint density at radius 2 is 1.79 bits per heavy atom. The van der Waals surface area contributed by atoms with Crippen LogP contribution in [0.1, 0.15) is 48.4 Å². The zero-order valence-corrected chi connectivity index (χ0v) is 21.2. The molecule has 0 unspecified atom stereocenters. The molecule has 2 amide bonds. The first-order valence-corrected chi connectivity index (χ1v) is 13.0. The number of nitrogens with one attached hydrogen (secondary N) is 2. The molecule has 1 saturated carbocycles. The average Bonchev–Trinajstić information content (AvgIpc) is 3.52. The molecule has 4 heterocycles. The molecule has 6 rings (SSSR count). The molecule has 10 nitrogen and oxygen atoms in total. The minimum Gasteiger partial charge on any atom is -0.381 e. The van der Waals surface area contributed by atoms with Gasteiger partial charge in [-0.05, 0) is 43.9 Å². The minimum atomic E-state index is -0.826. The van der Waals surface area contributed by atoms with Crippen molar-refractivity contribution in [2.45, 2.75) is 49.2 Å². The van der Waals surface area contributed by atoms with E-state index in [9.17, 15) is 18.4 Å². The number of aromatic nitrogens is 3. The number of halogens is 2. The van der Waals surface area contributed by atoms with Gasteiger partial charge in [0.25, 0.3) is 5.91 Å². The lowest BCUT2D eigenvalue weighted by Crippen LogP contribution is -2.73.